The number of unbranched alkanes of at least 4 members (excludes halogenated alkanes) is 44. The Morgan fingerprint density at radius 1 is 0.442 bits per heavy atom. The third-order valence-electron chi connectivity index (χ3n) is 15.4. The van der Waals surface area contributed by atoms with Crippen LogP contribution in [0.15, 0.2) is 24.3 Å². The predicted octanol–water partition coefficient (Wildman–Crippen LogP) is 20.9. The average Bonchev–Trinajstić information content (AvgIpc) is 3.39. The SMILES string of the molecule is CCCCCCCC/C=C\CCCCCC(=O)NC(COP(=O)(O)OCC[N+](C)(C)C)C(/C=C\CCCCCCCCCCCCC)OC(=O)CCCCCCCCCCCCCCCCCCCCCCCCCCC. The number of rotatable bonds is 62. The topological polar surface area (TPSA) is 111 Å². The van der Waals surface area contributed by atoms with Crippen LogP contribution in [-0.4, -0.2) is 74.3 Å². The number of phosphoric ester groups is 1. The van der Waals surface area contributed by atoms with E-state index in [1.54, 1.807) is 0 Å². The van der Waals surface area contributed by atoms with E-state index in [0.717, 1.165) is 70.6 Å². The van der Waals surface area contributed by atoms with Gasteiger partial charge in [-0.1, -0.05) is 296 Å². The van der Waals surface area contributed by atoms with E-state index in [4.69, 9.17) is 13.8 Å². The molecular formula is C67H132N2O7P+. The van der Waals surface area contributed by atoms with Crippen molar-refractivity contribution in [2.45, 2.75) is 354 Å². The van der Waals surface area contributed by atoms with Crippen LogP contribution in [0.25, 0.3) is 0 Å². The van der Waals surface area contributed by atoms with Crippen LogP contribution in [0.1, 0.15) is 342 Å². The Morgan fingerprint density at radius 2 is 0.753 bits per heavy atom. The van der Waals surface area contributed by atoms with Gasteiger partial charge in [0.1, 0.15) is 19.3 Å². The number of quaternary nitrogens is 1. The van der Waals surface area contributed by atoms with Crippen LogP contribution in [0.3, 0.4) is 0 Å². The molecule has 3 atom stereocenters. The fourth-order valence-corrected chi connectivity index (χ4v) is 10.9. The molecule has 0 aliphatic rings. The van der Waals surface area contributed by atoms with E-state index in [1.807, 2.05) is 33.3 Å². The second-order valence-electron chi connectivity index (χ2n) is 24.4. The minimum Gasteiger partial charge on any atom is -0.456 e. The summed E-state index contributed by atoms with van der Waals surface area (Å²) in [6.45, 7) is 7.05. The molecule has 0 bridgehead atoms. The lowest BCUT2D eigenvalue weighted by atomic mass is 10.0. The van der Waals surface area contributed by atoms with Crippen molar-refractivity contribution in [3.05, 3.63) is 24.3 Å². The van der Waals surface area contributed by atoms with E-state index < -0.39 is 20.0 Å². The van der Waals surface area contributed by atoms with Gasteiger partial charge in [-0.05, 0) is 57.4 Å². The molecule has 9 nitrogen and oxygen atoms in total. The molecule has 0 saturated heterocycles. The maximum Gasteiger partial charge on any atom is 0.472 e. The summed E-state index contributed by atoms with van der Waals surface area (Å²) in [7, 11) is 1.50. The molecule has 0 saturated carbocycles. The van der Waals surface area contributed by atoms with E-state index in [-0.39, 0.29) is 25.1 Å². The quantitative estimate of drug-likeness (QED) is 0.0205. The number of allylic oxidation sites excluding steroid dienone is 3. The first kappa shape index (κ1) is 75.5. The van der Waals surface area contributed by atoms with Crippen LogP contribution in [-0.2, 0) is 27.9 Å². The molecule has 0 heterocycles. The summed E-state index contributed by atoms with van der Waals surface area (Å²) in [5.74, 6) is -0.505. The van der Waals surface area contributed by atoms with Crippen molar-refractivity contribution in [2.75, 3.05) is 40.9 Å². The molecule has 0 aromatic heterocycles. The largest absolute Gasteiger partial charge is 0.472 e. The number of nitrogens with zero attached hydrogens (tertiary/aromatic N) is 1. The van der Waals surface area contributed by atoms with E-state index in [1.165, 1.54) is 238 Å². The molecule has 10 heteroatoms. The van der Waals surface area contributed by atoms with Gasteiger partial charge < -0.3 is 19.4 Å². The fourth-order valence-electron chi connectivity index (χ4n) is 10.2. The molecule has 3 unspecified atom stereocenters. The first-order chi connectivity index (χ1) is 37.4. The summed E-state index contributed by atoms with van der Waals surface area (Å²) in [4.78, 5) is 37.7. The summed E-state index contributed by atoms with van der Waals surface area (Å²) in [5.41, 5.74) is 0. The zero-order valence-corrected chi connectivity index (χ0v) is 53.1. The van der Waals surface area contributed by atoms with Gasteiger partial charge in [-0.25, -0.2) is 4.57 Å². The van der Waals surface area contributed by atoms with Gasteiger partial charge in [-0.15, -0.1) is 0 Å². The van der Waals surface area contributed by atoms with Gasteiger partial charge in [0.05, 0.1) is 33.8 Å². The molecule has 0 aliphatic carbocycles. The van der Waals surface area contributed by atoms with Gasteiger partial charge >= 0.3 is 13.8 Å². The lowest BCUT2D eigenvalue weighted by Crippen LogP contribution is -2.47. The monoisotopic (exact) mass is 1110 g/mol. The van der Waals surface area contributed by atoms with Crippen molar-refractivity contribution in [1.82, 2.24) is 5.32 Å². The third kappa shape index (κ3) is 58.9. The smallest absolute Gasteiger partial charge is 0.456 e. The van der Waals surface area contributed by atoms with Gasteiger partial charge in [0.15, 0.2) is 0 Å². The first-order valence-corrected chi connectivity index (χ1v) is 35.2. The van der Waals surface area contributed by atoms with Crippen LogP contribution >= 0.6 is 7.82 Å². The maximum absolute atomic E-state index is 13.5. The summed E-state index contributed by atoms with van der Waals surface area (Å²) < 4.78 is 30.7. The zero-order valence-electron chi connectivity index (χ0n) is 52.2. The molecule has 0 rings (SSSR count). The standard InChI is InChI=1S/C67H131N2O7P/c1-7-10-13-16-19-22-25-28-29-30-31-32-33-34-35-36-37-38-39-42-45-48-51-54-57-60-67(71)76-65(58-55-52-49-46-43-40-26-23-20-17-14-11-8-2)64(63-75-77(72,73)74-62-61-69(4,5)6)68-66(70)59-56-53-50-47-44-41-27-24-21-18-15-12-9-3/h41,44,55,58,64-65H,7-40,42-43,45-54,56-57,59-63H2,1-6H3,(H-,68,70,72,73)/p+1/b44-41-,58-55-. The third-order valence-corrected chi connectivity index (χ3v) is 16.4. The van der Waals surface area contributed by atoms with Crippen molar-refractivity contribution >= 4 is 19.7 Å². The highest BCUT2D eigenvalue weighted by Crippen LogP contribution is 2.43. The maximum atomic E-state index is 13.5. The summed E-state index contributed by atoms with van der Waals surface area (Å²) in [6, 6.07) is -0.850. The number of ether oxygens (including phenoxy) is 1. The van der Waals surface area contributed by atoms with Crippen molar-refractivity contribution < 1.29 is 37.3 Å². The summed E-state index contributed by atoms with van der Waals surface area (Å²) in [6.07, 6.45) is 69.1. The van der Waals surface area contributed by atoms with Crippen LogP contribution in [0.2, 0.25) is 0 Å². The normalized spacial score (nSPS) is 13.7. The number of nitrogens with one attached hydrogen (secondary N) is 1. The van der Waals surface area contributed by atoms with E-state index in [9.17, 15) is 19.0 Å². The van der Waals surface area contributed by atoms with Crippen LogP contribution in [0.5, 0.6) is 0 Å². The van der Waals surface area contributed by atoms with E-state index in [2.05, 4.69) is 38.2 Å². The van der Waals surface area contributed by atoms with Crippen molar-refractivity contribution in [3.63, 3.8) is 0 Å². The van der Waals surface area contributed by atoms with Gasteiger partial charge in [-0.2, -0.15) is 0 Å². The van der Waals surface area contributed by atoms with Crippen molar-refractivity contribution in [1.29, 1.82) is 0 Å². The lowest BCUT2D eigenvalue weighted by molar-refractivity contribution is -0.870. The highest BCUT2D eigenvalue weighted by Gasteiger charge is 2.30. The number of likely N-dealkylation sites (N-methyl/N-ethyl adjacent to an activating group) is 1. The molecule has 2 N–H and O–H groups in total. The van der Waals surface area contributed by atoms with Crippen LogP contribution in [0, 0.1) is 0 Å². The minimum absolute atomic E-state index is 0.0411. The summed E-state index contributed by atoms with van der Waals surface area (Å²) in [5, 5.41) is 3.05. The van der Waals surface area contributed by atoms with Crippen LogP contribution in [0.4, 0.5) is 0 Å². The molecule has 0 radical (unpaired) electrons. The number of carbonyl (C=O) groups excluding carboxylic acids is 2. The second kappa shape index (κ2) is 57.7. The number of amides is 1. The molecular weight excluding hydrogens is 976 g/mol. The zero-order chi connectivity index (χ0) is 56.4. The Labute approximate surface area is 479 Å². The highest BCUT2D eigenvalue weighted by molar-refractivity contribution is 7.47. The molecule has 0 aromatic carbocycles. The van der Waals surface area contributed by atoms with Crippen molar-refractivity contribution in [3.8, 4) is 0 Å². The number of phosphoric acid groups is 1. The molecule has 456 valence electrons. The van der Waals surface area contributed by atoms with Gasteiger partial charge in [0.25, 0.3) is 0 Å². The molecule has 0 fully saturated rings. The Kier molecular flexibility index (Phi) is 56.6. The van der Waals surface area contributed by atoms with E-state index in [0.29, 0.717) is 23.9 Å². The minimum atomic E-state index is -4.45. The second-order valence-corrected chi connectivity index (χ2v) is 25.8. The number of esters is 1. The Morgan fingerprint density at radius 3 is 1.12 bits per heavy atom. The Bertz CT molecular complexity index is 1370. The highest BCUT2D eigenvalue weighted by atomic mass is 31.2. The van der Waals surface area contributed by atoms with E-state index >= 15 is 0 Å². The fraction of sp³-hybridized carbons (Fsp3) is 0.910. The Balaban J connectivity index is 5.05. The average molecular weight is 1110 g/mol. The van der Waals surface area contributed by atoms with Gasteiger partial charge in [-0.3, -0.25) is 18.6 Å². The molecule has 1 amide bonds. The number of hydrogen-bond donors (Lipinski definition) is 2. The molecule has 0 aliphatic heterocycles. The number of carbonyl (C=O) groups is 2. The number of hydrogen-bond acceptors (Lipinski definition) is 6. The predicted molar refractivity (Wildman–Crippen MR) is 333 cm³/mol. The first-order valence-electron chi connectivity index (χ1n) is 33.7. The van der Waals surface area contributed by atoms with Gasteiger partial charge in [0, 0.05) is 12.8 Å². The van der Waals surface area contributed by atoms with Crippen LogP contribution < -0.4 is 5.32 Å². The molecule has 0 spiro atoms. The lowest BCUT2D eigenvalue weighted by Gasteiger charge is -2.27. The van der Waals surface area contributed by atoms with Crippen molar-refractivity contribution in [2.24, 2.45) is 0 Å². The van der Waals surface area contributed by atoms with Gasteiger partial charge in [0.2, 0.25) is 5.91 Å². The molecule has 77 heavy (non-hydrogen) atoms. The molecule has 0 aromatic rings. The summed E-state index contributed by atoms with van der Waals surface area (Å²) >= 11 is 0. The Hall–Kier alpha value is -1.51.